The highest BCUT2D eigenvalue weighted by atomic mass is 16.5. The summed E-state index contributed by atoms with van der Waals surface area (Å²) in [5.41, 5.74) is 3.76. The number of nitrogens with two attached hydrogens (primary N) is 1. The molecule has 1 saturated heterocycles. The molecule has 1 aromatic rings. The van der Waals surface area contributed by atoms with Crippen LogP contribution in [0, 0.1) is 18.8 Å². The normalized spacial score (nSPS) is 22.8. The van der Waals surface area contributed by atoms with E-state index in [1.54, 1.807) is 6.92 Å². The van der Waals surface area contributed by atoms with Crippen molar-refractivity contribution in [2.75, 3.05) is 13.1 Å². The van der Waals surface area contributed by atoms with E-state index in [0.29, 0.717) is 29.6 Å². The Morgan fingerprint density at radius 3 is 2.67 bits per heavy atom. The molecule has 2 fully saturated rings. The topological polar surface area (TPSA) is 147 Å². The monoisotopic (exact) mass is 420 g/mol. The molecule has 0 aromatic carbocycles. The van der Waals surface area contributed by atoms with E-state index >= 15 is 0 Å². The van der Waals surface area contributed by atoms with Crippen LogP contribution in [0.2, 0.25) is 0 Å². The Hall–Kier alpha value is -2.75. The van der Waals surface area contributed by atoms with E-state index in [4.69, 9.17) is 10.3 Å². The third-order valence-electron chi connectivity index (χ3n) is 6.26. The van der Waals surface area contributed by atoms with E-state index < -0.39 is 29.1 Å². The number of ketones is 1. The number of rotatable bonds is 9. The Kier molecular flexibility index (Phi) is 6.55. The molecular formula is C20H28N4O6. The molecule has 164 valence electrons. The van der Waals surface area contributed by atoms with Crippen LogP contribution in [-0.4, -0.2) is 63.0 Å². The number of nitrogens with zero attached hydrogens (tertiary/aromatic N) is 3. The average Bonchev–Trinajstić information content (AvgIpc) is 3.47. The second kappa shape index (κ2) is 8.95. The van der Waals surface area contributed by atoms with Crippen molar-refractivity contribution in [1.82, 2.24) is 15.1 Å². The lowest BCUT2D eigenvalue weighted by Gasteiger charge is -2.36. The molecule has 3 rings (SSSR count). The molecule has 3 amide bonds. The largest absolute Gasteiger partial charge is 0.367 e. The molecule has 2 aliphatic rings. The van der Waals surface area contributed by atoms with E-state index in [1.165, 1.54) is 11.0 Å². The van der Waals surface area contributed by atoms with Crippen molar-refractivity contribution in [2.45, 2.75) is 57.4 Å². The minimum absolute atomic E-state index is 0.0602. The van der Waals surface area contributed by atoms with Gasteiger partial charge in [0.2, 0.25) is 18.1 Å². The van der Waals surface area contributed by atoms with Crippen LogP contribution in [0.5, 0.6) is 0 Å². The smallest absolute Gasteiger partial charge is 0.251 e. The number of aromatic nitrogens is 1. The van der Waals surface area contributed by atoms with E-state index in [1.807, 2.05) is 0 Å². The highest BCUT2D eigenvalue weighted by molar-refractivity contribution is 6.18. The molecule has 1 aliphatic heterocycles. The first-order valence-electron chi connectivity index (χ1n) is 10.3. The van der Waals surface area contributed by atoms with Crippen LogP contribution in [0.4, 0.5) is 0 Å². The molecule has 3 N–H and O–H groups in total. The number of carbonyl (C=O) groups is 4. The zero-order chi connectivity index (χ0) is 21.9. The molecule has 1 aromatic heterocycles. The summed E-state index contributed by atoms with van der Waals surface area (Å²) >= 11 is 0. The lowest BCUT2D eigenvalue weighted by molar-refractivity contribution is -0.159. The Morgan fingerprint density at radius 2 is 2.10 bits per heavy atom. The average molecular weight is 420 g/mol. The second-order valence-electron chi connectivity index (χ2n) is 8.28. The second-order valence-corrected chi connectivity index (χ2v) is 8.28. The summed E-state index contributed by atoms with van der Waals surface area (Å²) in [4.78, 5) is 51.5. The zero-order valence-corrected chi connectivity index (χ0v) is 17.1. The number of likely N-dealkylation sites (tertiary alicyclic amines) is 1. The van der Waals surface area contributed by atoms with Gasteiger partial charge in [0.1, 0.15) is 5.76 Å². The summed E-state index contributed by atoms with van der Waals surface area (Å²) in [6.07, 6.45) is 5.29. The zero-order valence-electron chi connectivity index (χ0n) is 17.1. The van der Waals surface area contributed by atoms with Crippen LogP contribution in [0.15, 0.2) is 10.6 Å². The first-order valence-corrected chi connectivity index (χ1v) is 10.3. The Morgan fingerprint density at radius 1 is 1.40 bits per heavy atom. The fraction of sp³-hybridized carbons (Fsp3) is 0.650. The first-order chi connectivity index (χ1) is 14.3. The molecular weight excluding hydrogens is 392 g/mol. The highest BCUT2D eigenvalue weighted by Gasteiger charge is 2.56. The summed E-state index contributed by atoms with van der Waals surface area (Å²) in [5.74, 6) is -2.11. The van der Waals surface area contributed by atoms with Crippen LogP contribution in [0.3, 0.4) is 0 Å². The van der Waals surface area contributed by atoms with Crippen molar-refractivity contribution < 1.29 is 28.9 Å². The van der Waals surface area contributed by atoms with Gasteiger partial charge < -0.3 is 15.2 Å². The number of Topliss-reactive ketones (excluding diaryl/α,β-unsaturated/α-hetero) is 1. The molecule has 2 heterocycles. The standard InChI is InChI=1S/C20H28N4O6/c1-13-9-16(22-30-13)17(26)20(19(21)28)7-4-8-24(20)18(27)15(11-23(29)12-25)10-14-5-2-3-6-14/h9,12,14-15,29H,2-8,10-11H2,1H3,(H2,21,28)/t15-,20-/m1/s1. The van der Waals surface area contributed by atoms with Gasteiger partial charge in [-0.15, -0.1) is 0 Å². The number of hydrogen-bond acceptors (Lipinski definition) is 7. The van der Waals surface area contributed by atoms with E-state index in [2.05, 4.69) is 5.16 Å². The van der Waals surface area contributed by atoms with Gasteiger partial charge in [-0.25, -0.2) is 5.06 Å². The molecule has 0 radical (unpaired) electrons. The van der Waals surface area contributed by atoms with Crippen molar-refractivity contribution in [3.05, 3.63) is 17.5 Å². The summed E-state index contributed by atoms with van der Waals surface area (Å²) in [6.45, 7) is 1.59. The number of hydroxylamine groups is 2. The van der Waals surface area contributed by atoms with Gasteiger partial charge >= 0.3 is 0 Å². The van der Waals surface area contributed by atoms with Gasteiger partial charge in [-0.05, 0) is 32.1 Å². The number of carbonyl (C=O) groups excluding carboxylic acids is 4. The molecule has 10 heteroatoms. The SMILES string of the molecule is Cc1cc(C(=O)[C@@]2(C(N)=O)CCCN2C(=O)[C@H](CC2CCCC2)CN(O)C=O)no1. The molecule has 0 unspecified atom stereocenters. The van der Waals surface area contributed by atoms with Crippen LogP contribution in [0.25, 0.3) is 0 Å². The number of primary amides is 1. The third kappa shape index (κ3) is 4.09. The third-order valence-corrected chi connectivity index (χ3v) is 6.26. The summed E-state index contributed by atoms with van der Waals surface area (Å²) in [5, 5.41) is 13.9. The highest BCUT2D eigenvalue weighted by Crippen LogP contribution is 2.37. The van der Waals surface area contributed by atoms with Crippen LogP contribution in [0.1, 0.15) is 61.2 Å². The lowest BCUT2D eigenvalue weighted by atomic mass is 9.85. The van der Waals surface area contributed by atoms with E-state index in [9.17, 15) is 24.4 Å². The minimum Gasteiger partial charge on any atom is -0.367 e. The van der Waals surface area contributed by atoms with Gasteiger partial charge in [-0.3, -0.25) is 24.4 Å². The maximum atomic E-state index is 13.5. The molecule has 1 aliphatic carbocycles. The Balaban J connectivity index is 1.91. The number of hydrogen-bond donors (Lipinski definition) is 2. The van der Waals surface area contributed by atoms with Gasteiger partial charge in [-0.2, -0.15) is 0 Å². The fourth-order valence-corrected chi connectivity index (χ4v) is 4.80. The number of aryl methyl sites for hydroxylation is 1. The molecule has 30 heavy (non-hydrogen) atoms. The van der Waals surface area contributed by atoms with Crippen molar-refractivity contribution in [3.8, 4) is 0 Å². The molecule has 10 nitrogen and oxygen atoms in total. The summed E-state index contributed by atoms with van der Waals surface area (Å²) in [6, 6.07) is 1.41. The van der Waals surface area contributed by atoms with Crippen molar-refractivity contribution in [3.63, 3.8) is 0 Å². The Bertz CT molecular complexity index is 818. The first kappa shape index (κ1) is 21.9. The minimum atomic E-state index is -1.85. The van der Waals surface area contributed by atoms with Gasteiger partial charge in [0.15, 0.2) is 11.2 Å². The molecule has 2 atom stereocenters. The number of amides is 3. The summed E-state index contributed by atoms with van der Waals surface area (Å²) < 4.78 is 4.96. The molecule has 1 saturated carbocycles. The van der Waals surface area contributed by atoms with Crippen LogP contribution >= 0.6 is 0 Å². The van der Waals surface area contributed by atoms with Crippen molar-refractivity contribution in [2.24, 2.45) is 17.6 Å². The maximum absolute atomic E-state index is 13.5. The van der Waals surface area contributed by atoms with Crippen LogP contribution in [-0.2, 0) is 14.4 Å². The summed E-state index contributed by atoms with van der Waals surface area (Å²) in [7, 11) is 0. The van der Waals surface area contributed by atoms with Gasteiger partial charge in [0, 0.05) is 12.6 Å². The molecule has 0 spiro atoms. The van der Waals surface area contributed by atoms with Gasteiger partial charge in [-0.1, -0.05) is 30.8 Å². The maximum Gasteiger partial charge on any atom is 0.251 e. The lowest BCUT2D eigenvalue weighted by Crippen LogP contribution is -2.62. The predicted octanol–water partition coefficient (Wildman–Crippen LogP) is 1.06. The van der Waals surface area contributed by atoms with Crippen molar-refractivity contribution in [1.29, 1.82) is 0 Å². The fourth-order valence-electron chi connectivity index (χ4n) is 4.80. The Labute approximate surface area is 174 Å². The van der Waals surface area contributed by atoms with Crippen molar-refractivity contribution >= 4 is 24.0 Å². The quantitative estimate of drug-likeness (QED) is 0.199. The van der Waals surface area contributed by atoms with Gasteiger partial charge in [0.25, 0.3) is 5.91 Å². The van der Waals surface area contributed by atoms with Crippen LogP contribution < -0.4 is 5.73 Å². The predicted molar refractivity (Wildman–Crippen MR) is 103 cm³/mol. The molecule has 0 bridgehead atoms. The van der Waals surface area contributed by atoms with E-state index in [0.717, 1.165) is 25.7 Å². The van der Waals surface area contributed by atoms with Gasteiger partial charge in [0.05, 0.1) is 12.5 Å². The van der Waals surface area contributed by atoms with E-state index in [-0.39, 0.29) is 31.6 Å².